The fourth-order valence-corrected chi connectivity index (χ4v) is 5.23. The van der Waals surface area contributed by atoms with Crippen molar-refractivity contribution >= 4 is 17.9 Å². The number of nitrogens with zero attached hydrogens (tertiary/aromatic N) is 2. The van der Waals surface area contributed by atoms with E-state index in [2.05, 4.69) is 19.1 Å². The number of anilines is 1. The lowest BCUT2D eigenvalue weighted by atomic mass is 9.68. The Bertz CT molecular complexity index is 1190. The van der Waals surface area contributed by atoms with Crippen LogP contribution in [0, 0.1) is 0 Å². The third kappa shape index (κ3) is 3.52. The fourth-order valence-electron chi connectivity index (χ4n) is 5.23. The summed E-state index contributed by atoms with van der Waals surface area (Å²) in [5.74, 6) is 0.640. The van der Waals surface area contributed by atoms with E-state index < -0.39 is 5.41 Å². The molecule has 7 heteroatoms. The summed E-state index contributed by atoms with van der Waals surface area (Å²) in [5.41, 5.74) is 4.49. The van der Waals surface area contributed by atoms with E-state index in [4.69, 9.17) is 14.2 Å². The smallest absolute Gasteiger partial charge is 0.418 e. The van der Waals surface area contributed by atoms with E-state index in [1.807, 2.05) is 55.6 Å². The van der Waals surface area contributed by atoms with Gasteiger partial charge in [-0.05, 0) is 55.2 Å². The van der Waals surface area contributed by atoms with Gasteiger partial charge in [0.25, 0.3) is 0 Å². The normalized spacial score (nSPS) is 24.4. The number of para-hydroxylation sites is 1. The standard InChI is InChI=1S/C27H28N2O5/c1-4-33-26(31)29-23-8-6-5-7-22(23)27(2)16-19(17-28-13-14-34-25(28)30)21(15-24(27)29)18-9-11-20(32-3)12-10-18/h5-12,15,17,21H,4,13-14,16H2,1-3H3/b19-17+/t21-,27-/m1/s1. The highest BCUT2D eigenvalue weighted by atomic mass is 16.6. The number of rotatable bonds is 4. The largest absolute Gasteiger partial charge is 0.497 e. The first-order valence-electron chi connectivity index (χ1n) is 11.5. The van der Waals surface area contributed by atoms with Gasteiger partial charge in [-0.1, -0.05) is 36.4 Å². The number of amides is 2. The molecule has 2 atom stereocenters. The Morgan fingerprint density at radius 3 is 2.65 bits per heavy atom. The van der Waals surface area contributed by atoms with E-state index in [1.165, 1.54) is 0 Å². The van der Waals surface area contributed by atoms with Crippen LogP contribution in [-0.4, -0.2) is 44.0 Å². The van der Waals surface area contributed by atoms with Gasteiger partial charge in [0.15, 0.2) is 0 Å². The fraction of sp³-hybridized carbons (Fsp3) is 0.333. The minimum atomic E-state index is -0.443. The van der Waals surface area contributed by atoms with Crippen LogP contribution in [-0.2, 0) is 14.9 Å². The van der Waals surface area contributed by atoms with Gasteiger partial charge in [0.2, 0.25) is 0 Å². The summed E-state index contributed by atoms with van der Waals surface area (Å²) >= 11 is 0. The van der Waals surface area contributed by atoms with Crippen LogP contribution in [0.4, 0.5) is 15.3 Å². The van der Waals surface area contributed by atoms with Crippen LogP contribution >= 0.6 is 0 Å². The van der Waals surface area contributed by atoms with E-state index in [1.54, 1.807) is 16.9 Å². The van der Waals surface area contributed by atoms with Crippen molar-refractivity contribution in [3.05, 3.63) is 83.2 Å². The van der Waals surface area contributed by atoms with Crippen LogP contribution in [0.3, 0.4) is 0 Å². The van der Waals surface area contributed by atoms with Crippen LogP contribution in [0.1, 0.15) is 37.3 Å². The Kier molecular flexibility index (Phi) is 5.55. The Morgan fingerprint density at radius 2 is 1.97 bits per heavy atom. The van der Waals surface area contributed by atoms with Crippen molar-refractivity contribution in [3.8, 4) is 5.75 Å². The molecule has 2 aromatic carbocycles. The highest BCUT2D eigenvalue weighted by molar-refractivity contribution is 5.97. The van der Waals surface area contributed by atoms with Gasteiger partial charge in [-0.25, -0.2) is 14.5 Å². The second-order valence-corrected chi connectivity index (χ2v) is 8.87. The number of carbonyl (C=O) groups is 2. The van der Waals surface area contributed by atoms with E-state index in [9.17, 15) is 9.59 Å². The molecule has 0 spiro atoms. The zero-order chi connectivity index (χ0) is 23.9. The van der Waals surface area contributed by atoms with Crippen LogP contribution in [0.15, 0.2) is 72.1 Å². The number of hydrogen-bond acceptors (Lipinski definition) is 5. The molecule has 1 saturated heterocycles. The van der Waals surface area contributed by atoms with Gasteiger partial charge in [-0.15, -0.1) is 0 Å². The van der Waals surface area contributed by atoms with E-state index in [0.717, 1.165) is 33.8 Å². The zero-order valence-corrected chi connectivity index (χ0v) is 19.6. The summed E-state index contributed by atoms with van der Waals surface area (Å²) in [6.45, 7) is 5.16. The monoisotopic (exact) mass is 460 g/mol. The molecule has 2 aromatic rings. The lowest BCUT2D eigenvalue weighted by Gasteiger charge is -2.38. The predicted molar refractivity (Wildman–Crippen MR) is 128 cm³/mol. The lowest BCUT2D eigenvalue weighted by molar-refractivity contribution is 0.161. The van der Waals surface area contributed by atoms with Crippen molar-refractivity contribution in [2.75, 3.05) is 31.8 Å². The van der Waals surface area contributed by atoms with Crippen molar-refractivity contribution in [2.45, 2.75) is 31.6 Å². The average Bonchev–Trinajstić information content (AvgIpc) is 3.36. The molecule has 0 saturated carbocycles. The number of fused-ring (bicyclic) bond motifs is 3. The summed E-state index contributed by atoms with van der Waals surface area (Å²) in [6, 6.07) is 15.9. The minimum Gasteiger partial charge on any atom is -0.497 e. The summed E-state index contributed by atoms with van der Waals surface area (Å²) in [4.78, 5) is 28.7. The van der Waals surface area contributed by atoms with Gasteiger partial charge in [-0.3, -0.25) is 4.90 Å². The van der Waals surface area contributed by atoms with Gasteiger partial charge >= 0.3 is 12.2 Å². The zero-order valence-electron chi connectivity index (χ0n) is 19.6. The number of cyclic esters (lactones) is 1. The predicted octanol–water partition coefficient (Wildman–Crippen LogP) is 5.34. The Morgan fingerprint density at radius 1 is 1.21 bits per heavy atom. The number of ether oxygens (including phenoxy) is 3. The van der Waals surface area contributed by atoms with Crippen molar-refractivity contribution in [1.82, 2.24) is 4.90 Å². The molecule has 3 aliphatic rings. The molecule has 0 radical (unpaired) electrons. The molecule has 5 rings (SSSR count). The molecule has 7 nitrogen and oxygen atoms in total. The second-order valence-electron chi connectivity index (χ2n) is 8.87. The summed E-state index contributed by atoms with van der Waals surface area (Å²) in [7, 11) is 1.64. The Labute approximate surface area is 199 Å². The lowest BCUT2D eigenvalue weighted by Crippen LogP contribution is -2.37. The molecule has 2 aliphatic heterocycles. The molecular formula is C27H28N2O5. The quantitative estimate of drug-likeness (QED) is 0.616. The first kappa shape index (κ1) is 22.1. The molecule has 0 N–H and O–H groups in total. The molecule has 1 aliphatic carbocycles. The maximum Gasteiger partial charge on any atom is 0.418 e. The summed E-state index contributed by atoms with van der Waals surface area (Å²) in [5, 5.41) is 0. The SMILES string of the molecule is CCOC(=O)N1C2=C[C@H](c3ccc(OC)cc3)/C(=C/N3CCOC3=O)C[C@]2(C)c2ccccc21. The topological polar surface area (TPSA) is 68.3 Å². The molecular weight excluding hydrogens is 432 g/mol. The van der Waals surface area contributed by atoms with Gasteiger partial charge in [0.1, 0.15) is 12.4 Å². The van der Waals surface area contributed by atoms with Crippen LogP contribution < -0.4 is 9.64 Å². The first-order valence-corrected chi connectivity index (χ1v) is 11.5. The number of methoxy groups -OCH3 is 1. The van der Waals surface area contributed by atoms with Crippen molar-refractivity contribution in [2.24, 2.45) is 0 Å². The maximum absolute atomic E-state index is 13.1. The Hall–Kier alpha value is -3.74. The third-order valence-corrected chi connectivity index (χ3v) is 6.87. The van der Waals surface area contributed by atoms with Crippen molar-refractivity contribution < 1.29 is 23.8 Å². The first-order chi connectivity index (χ1) is 16.5. The highest BCUT2D eigenvalue weighted by Gasteiger charge is 2.50. The summed E-state index contributed by atoms with van der Waals surface area (Å²) in [6.07, 6.45) is 4.00. The molecule has 2 heterocycles. The Balaban J connectivity index is 1.67. The van der Waals surface area contributed by atoms with Gasteiger partial charge in [-0.2, -0.15) is 0 Å². The molecule has 1 fully saturated rings. The molecule has 0 unspecified atom stereocenters. The van der Waals surface area contributed by atoms with E-state index in [0.29, 0.717) is 26.2 Å². The second kappa shape index (κ2) is 8.56. The molecule has 176 valence electrons. The van der Waals surface area contributed by atoms with E-state index >= 15 is 0 Å². The van der Waals surface area contributed by atoms with Crippen LogP contribution in [0.5, 0.6) is 5.75 Å². The number of benzene rings is 2. The average molecular weight is 461 g/mol. The number of allylic oxidation sites excluding steroid dienone is 3. The molecule has 0 bridgehead atoms. The van der Waals surface area contributed by atoms with E-state index in [-0.39, 0.29) is 18.1 Å². The molecule has 2 amide bonds. The molecule has 34 heavy (non-hydrogen) atoms. The van der Waals surface area contributed by atoms with Crippen molar-refractivity contribution in [3.63, 3.8) is 0 Å². The van der Waals surface area contributed by atoms with Crippen LogP contribution in [0.25, 0.3) is 0 Å². The summed E-state index contributed by atoms with van der Waals surface area (Å²) < 4.78 is 15.9. The van der Waals surface area contributed by atoms with Crippen LogP contribution in [0.2, 0.25) is 0 Å². The minimum absolute atomic E-state index is 0.131. The van der Waals surface area contributed by atoms with Gasteiger partial charge in [0, 0.05) is 23.2 Å². The number of carbonyl (C=O) groups excluding carboxylic acids is 2. The number of hydrogen-bond donors (Lipinski definition) is 0. The maximum atomic E-state index is 13.1. The molecule has 0 aromatic heterocycles. The van der Waals surface area contributed by atoms with Gasteiger partial charge in [0.05, 0.1) is 25.9 Å². The van der Waals surface area contributed by atoms with Crippen molar-refractivity contribution in [1.29, 1.82) is 0 Å². The highest BCUT2D eigenvalue weighted by Crippen LogP contribution is 2.56. The van der Waals surface area contributed by atoms with Gasteiger partial charge < -0.3 is 14.2 Å². The third-order valence-electron chi connectivity index (χ3n) is 6.87.